The molecule has 0 saturated heterocycles. The van der Waals surface area contributed by atoms with Crippen molar-refractivity contribution in [3.05, 3.63) is 41.5 Å². The number of thiophene rings is 1. The molecule has 1 fully saturated rings. The molecule has 1 saturated carbocycles. The molecule has 5 nitrogen and oxygen atoms in total. The Morgan fingerprint density at radius 3 is 2.77 bits per heavy atom. The minimum Gasteiger partial charge on any atom is -0.309 e. The maximum atomic E-state index is 12.5. The van der Waals surface area contributed by atoms with E-state index in [0.717, 1.165) is 11.6 Å². The third kappa shape index (κ3) is 5.28. The molecule has 0 spiro atoms. The quantitative estimate of drug-likeness (QED) is 0.698. The van der Waals surface area contributed by atoms with Crippen molar-refractivity contribution in [3.8, 4) is 0 Å². The Bertz CT molecular complexity index is 785. The Kier molecular flexibility index (Phi) is 6.67. The largest absolute Gasteiger partial charge is 0.309 e. The van der Waals surface area contributed by atoms with E-state index in [4.69, 9.17) is 0 Å². The van der Waals surface area contributed by atoms with Crippen LogP contribution in [0.2, 0.25) is 0 Å². The monoisotopic (exact) mass is 393 g/mol. The summed E-state index contributed by atoms with van der Waals surface area (Å²) in [6.07, 6.45) is 9.62. The van der Waals surface area contributed by atoms with Crippen LogP contribution >= 0.6 is 11.3 Å². The number of hydrogen-bond acceptors (Lipinski definition) is 5. The van der Waals surface area contributed by atoms with Crippen molar-refractivity contribution in [3.63, 3.8) is 0 Å². The number of nitrogens with zero attached hydrogens (tertiary/aromatic N) is 1. The number of aromatic nitrogens is 1. The Balaban J connectivity index is 1.60. The fraction of sp³-hybridized carbons (Fsp3) is 0.526. The summed E-state index contributed by atoms with van der Waals surface area (Å²) in [7, 11) is -3.55. The van der Waals surface area contributed by atoms with E-state index >= 15 is 0 Å². The van der Waals surface area contributed by atoms with Gasteiger partial charge in [-0.3, -0.25) is 9.71 Å². The first-order valence-electron chi connectivity index (χ1n) is 9.28. The fourth-order valence-electron chi connectivity index (χ4n) is 3.56. The molecule has 0 aromatic carbocycles. The standard InChI is InChI=1S/C19H27N3O2S2/c1-15(13-16-7-3-2-4-8-16)21-14-18-17(9-5-11-20-18)22-26(23,24)19-10-6-12-25-19/h5-6,9-12,15-16,21-22H,2-4,7-8,13-14H2,1H3. The van der Waals surface area contributed by atoms with Crippen LogP contribution < -0.4 is 10.0 Å². The molecule has 2 aromatic heterocycles. The van der Waals surface area contributed by atoms with Gasteiger partial charge in [-0.2, -0.15) is 0 Å². The van der Waals surface area contributed by atoms with E-state index in [0.29, 0.717) is 22.5 Å². The van der Waals surface area contributed by atoms with Crippen LogP contribution in [0.5, 0.6) is 0 Å². The van der Waals surface area contributed by atoms with Crippen molar-refractivity contribution in [2.45, 2.75) is 62.2 Å². The third-order valence-electron chi connectivity index (χ3n) is 4.92. The van der Waals surface area contributed by atoms with Crippen molar-refractivity contribution in [1.82, 2.24) is 10.3 Å². The van der Waals surface area contributed by atoms with Crippen LogP contribution in [0.3, 0.4) is 0 Å². The van der Waals surface area contributed by atoms with Crippen molar-refractivity contribution < 1.29 is 8.42 Å². The highest BCUT2D eigenvalue weighted by Crippen LogP contribution is 2.27. The van der Waals surface area contributed by atoms with Crippen LogP contribution in [0.25, 0.3) is 0 Å². The minimum absolute atomic E-state index is 0.311. The highest BCUT2D eigenvalue weighted by Gasteiger charge is 2.19. The fourth-order valence-corrected chi connectivity index (χ4v) is 5.64. The number of sulfonamides is 1. The molecule has 26 heavy (non-hydrogen) atoms. The molecule has 2 aromatic rings. The van der Waals surface area contributed by atoms with Gasteiger partial charge in [0.25, 0.3) is 10.0 Å². The molecule has 0 amide bonds. The molecule has 0 radical (unpaired) electrons. The lowest BCUT2D eigenvalue weighted by atomic mass is 9.85. The summed E-state index contributed by atoms with van der Waals surface area (Å²) in [6.45, 7) is 2.75. The number of hydrogen-bond donors (Lipinski definition) is 2. The van der Waals surface area contributed by atoms with Gasteiger partial charge in [0.1, 0.15) is 4.21 Å². The van der Waals surface area contributed by atoms with Gasteiger partial charge in [-0.1, -0.05) is 38.2 Å². The second-order valence-electron chi connectivity index (χ2n) is 7.06. The van der Waals surface area contributed by atoms with E-state index in [2.05, 4.69) is 21.9 Å². The van der Waals surface area contributed by atoms with Gasteiger partial charge in [0, 0.05) is 18.8 Å². The molecule has 1 aliphatic carbocycles. The van der Waals surface area contributed by atoms with Gasteiger partial charge in [-0.05, 0) is 42.8 Å². The first kappa shape index (κ1) is 19.3. The second-order valence-corrected chi connectivity index (χ2v) is 9.91. The van der Waals surface area contributed by atoms with Gasteiger partial charge < -0.3 is 5.32 Å². The SMILES string of the molecule is CC(CC1CCCCC1)NCc1ncccc1NS(=O)(=O)c1cccs1. The normalized spacial score (nSPS) is 17.1. The maximum Gasteiger partial charge on any atom is 0.271 e. The predicted molar refractivity (Wildman–Crippen MR) is 107 cm³/mol. The topological polar surface area (TPSA) is 71.1 Å². The Labute approximate surface area is 160 Å². The van der Waals surface area contributed by atoms with Gasteiger partial charge in [-0.25, -0.2) is 8.42 Å². The average Bonchev–Trinajstić information content (AvgIpc) is 3.17. The summed E-state index contributed by atoms with van der Waals surface area (Å²) < 4.78 is 27.9. The Hall–Kier alpha value is -1.44. The van der Waals surface area contributed by atoms with E-state index in [9.17, 15) is 8.42 Å². The van der Waals surface area contributed by atoms with Crippen LogP contribution in [0, 0.1) is 5.92 Å². The maximum absolute atomic E-state index is 12.5. The van der Waals surface area contributed by atoms with Crippen molar-refractivity contribution in [2.24, 2.45) is 5.92 Å². The van der Waals surface area contributed by atoms with E-state index in [1.807, 2.05) is 0 Å². The lowest BCUT2D eigenvalue weighted by Crippen LogP contribution is -2.29. The number of nitrogens with one attached hydrogen (secondary N) is 2. The zero-order valence-electron chi connectivity index (χ0n) is 15.1. The number of pyridine rings is 1. The first-order valence-corrected chi connectivity index (χ1v) is 11.6. The molecule has 2 heterocycles. The van der Waals surface area contributed by atoms with E-state index < -0.39 is 10.0 Å². The molecule has 3 rings (SSSR count). The van der Waals surface area contributed by atoms with Gasteiger partial charge in [-0.15, -0.1) is 11.3 Å². The lowest BCUT2D eigenvalue weighted by Gasteiger charge is -2.25. The van der Waals surface area contributed by atoms with Crippen LogP contribution in [-0.4, -0.2) is 19.4 Å². The molecule has 7 heteroatoms. The van der Waals surface area contributed by atoms with Crippen molar-refractivity contribution in [2.75, 3.05) is 4.72 Å². The van der Waals surface area contributed by atoms with Crippen LogP contribution in [0.4, 0.5) is 5.69 Å². The van der Waals surface area contributed by atoms with E-state index in [1.54, 1.807) is 35.8 Å². The summed E-state index contributed by atoms with van der Waals surface area (Å²) in [5.41, 5.74) is 1.27. The lowest BCUT2D eigenvalue weighted by molar-refractivity contribution is 0.304. The predicted octanol–water partition coefficient (Wildman–Crippen LogP) is 4.39. The summed E-state index contributed by atoms with van der Waals surface area (Å²) >= 11 is 1.21. The Morgan fingerprint density at radius 1 is 1.23 bits per heavy atom. The number of anilines is 1. The van der Waals surface area contributed by atoms with Gasteiger partial charge in [0.2, 0.25) is 0 Å². The first-order chi connectivity index (χ1) is 12.5. The van der Waals surface area contributed by atoms with E-state index in [-0.39, 0.29) is 0 Å². The number of rotatable bonds is 8. The third-order valence-corrected chi connectivity index (χ3v) is 7.69. The molecular formula is C19H27N3O2S2. The summed E-state index contributed by atoms with van der Waals surface area (Å²) in [6, 6.07) is 7.25. The molecule has 142 valence electrons. The van der Waals surface area contributed by atoms with Gasteiger partial charge in [0.15, 0.2) is 0 Å². The van der Waals surface area contributed by atoms with Crippen LogP contribution in [0.15, 0.2) is 40.1 Å². The van der Waals surface area contributed by atoms with Gasteiger partial charge >= 0.3 is 0 Å². The van der Waals surface area contributed by atoms with Crippen molar-refractivity contribution in [1.29, 1.82) is 0 Å². The highest BCUT2D eigenvalue weighted by atomic mass is 32.2. The average molecular weight is 394 g/mol. The molecule has 2 N–H and O–H groups in total. The van der Waals surface area contributed by atoms with Crippen molar-refractivity contribution >= 4 is 27.0 Å². The van der Waals surface area contributed by atoms with E-state index in [1.165, 1.54) is 49.9 Å². The Morgan fingerprint density at radius 2 is 2.04 bits per heavy atom. The molecule has 0 bridgehead atoms. The summed E-state index contributed by atoms with van der Waals surface area (Å²) in [5.74, 6) is 0.812. The molecule has 1 unspecified atom stereocenters. The zero-order valence-corrected chi connectivity index (χ0v) is 16.8. The summed E-state index contributed by atoms with van der Waals surface area (Å²) in [4.78, 5) is 4.38. The molecule has 1 atom stereocenters. The second kappa shape index (κ2) is 8.97. The molecular weight excluding hydrogens is 366 g/mol. The van der Waals surface area contributed by atoms with Gasteiger partial charge in [0.05, 0.1) is 11.4 Å². The minimum atomic E-state index is -3.55. The summed E-state index contributed by atoms with van der Waals surface area (Å²) in [5, 5.41) is 5.27. The smallest absolute Gasteiger partial charge is 0.271 e. The molecule has 1 aliphatic rings. The molecule has 0 aliphatic heterocycles. The van der Waals surface area contributed by atoms with Crippen LogP contribution in [0.1, 0.15) is 51.1 Å². The van der Waals surface area contributed by atoms with Crippen LogP contribution in [-0.2, 0) is 16.6 Å². The zero-order chi connectivity index (χ0) is 18.4. The highest BCUT2D eigenvalue weighted by molar-refractivity contribution is 7.94.